The van der Waals surface area contributed by atoms with Crippen LogP contribution in [0.2, 0.25) is 0 Å². The summed E-state index contributed by atoms with van der Waals surface area (Å²) in [6.45, 7) is 4.50. The molecule has 2 aliphatic carbocycles. The van der Waals surface area contributed by atoms with E-state index in [0.717, 1.165) is 50.4 Å². The molecule has 0 spiro atoms. The topological polar surface area (TPSA) is 0 Å². The van der Waals surface area contributed by atoms with Crippen molar-refractivity contribution in [2.24, 2.45) is 5.92 Å². The molecule has 0 aliphatic heterocycles. The first-order chi connectivity index (χ1) is 14.1. The highest BCUT2D eigenvalue weighted by Crippen LogP contribution is 2.43. The molecule has 0 atom stereocenters. The number of hydrogen-bond donors (Lipinski definition) is 0. The van der Waals surface area contributed by atoms with Crippen molar-refractivity contribution in [3.63, 3.8) is 0 Å². The highest BCUT2D eigenvalue weighted by molar-refractivity contribution is 5.28. The largest absolute Gasteiger partial charge is 0.244 e. The van der Waals surface area contributed by atoms with Crippen molar-refractivity contribution < 1.29 is 4.39 Å². The lowest BCUT2D eigenvalue weighted by molar-refractivity contribution is 0.0851. The second-order valence-electron chi connectivity index (χ2n) is 10.3. The fourth-order valence-corrected chi connectivity index (χ4v) is 5.92. The zero-order valence-electron chi connectivity index (χ0n) is 19.2. The van der Waals surface area contributed by atoms with Gasteiger partial charge in [0.05, 0.1) is 0 Å². The van der Waals surface area contributed by atoms with Crippen molar-refractivity contribution in [3.05, 3.63) is 35.4 Å². The maximum absolute atomic E-state index is 15.0. The molecule has 1 heteroatoms. The number of unbranched alkanes of at least 4 members (excludes halogenated alkanes) is 4. The molecule has 0 unspecified atom stereocenters. The predicted octanol–water partition coefficient (Wildman–Crippen LogP) is 9.49. The van der Waals surface area contributed by atoms with E-state index in [0.29, 0.717) is 5.92 Å². The molecule has 164 valence electrons. The lowest BCUT2D eigenvalue weighted by Crippen LogP contribution is -2.28. The second-order valence-corrected chi connectivity index (χ2v) is 10.3. The summed E-state index contributed by atoms with van der Waals surface area (Å²) < 4.78 is 15.0. The van der Waals surface area contributed by atoms with Gasteiger partial charge in [-0.2, -0.15) is 0 Å². The molecule has 0 nitrogen and oxygen atoms in total. The van der Waals surface area contributed by atoms with Crippen LogP contribution in [0.5, 0.6) is 0 Å². The molecule has 0 aromatic heterocycles. The highest BCUT2D eigenvalue weighted by atomic mass is 19.1. The minimum absolute atomic E-state index is 0.577. The Balaban J connectivity index is 1.44. The first kappa shape index (κ1) is 22.8. The third-order valence-corrected chi connectivity index (χ3v) is 8.05. The van der Waals surface area contributed by atoms with Gasteiger partial charge in [-0.15, -0.1) is 0 Å². The van der Waals surface area contributed by atoms with E-state index in [9.17, 15) is 0 Å². The molecular formula is C28H45F. The fourth-order valence-electron chi connectivity index (χ4n) is 5.92. The molecule has 29 heavy (non-hydrogen) atoms. The molecular weight excluding hydrogens is 355 g/mol. The third-order valence-electron chi connectivity index (χ3n) is 8.05. The summed E-state index contributed by atoms with van der Waals surface area (Å²) in [7, 11) is 0. The predicted molar refractivity (Wildman–Crippen MR) is 124 cm³/mol. The molecule has 2 aliphatic rings. The first-order valence-corrected chi connectivity index (χ1v) is 12.9. The van der Waals surface area contributed by atoms with Crippen molar-refractivity contribution in [1.82, 2.24) is 0 Å². The van der Waals surface area contributed by atoms with Crippen LogP contribution in [0.1, 0.15) is 140 Å². The number of hydrogen-bond acceptors (Lipinski definition) is 0. The molecule has 1 aromatic carbocycles. The van der Waals surface area contributed by atoms with Crippen LogP contribution in [0.25, 0.3) is 0 Å². The monoisotopic (exact) mass is 400 g/mol. The standard InChI is InChI=1S/C28H45F/c1-3-5-7-9-23-10-12-24(13-11-23)25-14-16-26(17-15-25)27-18-21-28(29,22-19-27)20-8-6-4-2/h14-17,23-24,27H,3-13,18-22H2,1-2H3. The summed E-state index contributed by atoms with van der Waals surface area (Å²) in [6, 6.07) is 9.54. The molecule has 0 radical (unpaired) electrons. The summed E-state index contributed by atoms with van der Waals surface area (Å²) in [5, 5.41) is 0. The fraction of sp³-hybridized carbons (Fsp3) is 0.786. The highest BCUT2D eigenvalue weighted by Gasteiger charge is 2.35. The van der Waals surface area contributed by atoms with Crippen molar-refractivity contribution in [3.8, 4) is 0 Å². The van der Waals surface area contributed by atoms with Gasteiger partial charge in [0.1, 0.15) is 5.67 Å². The zero-order valence-corrected chi connectivity index (χ0v) is 19.2. The minimum Gasteiger partial charge on any atom is -0.244 e. The van der Waals surface area contributed by atoms with E-state index < -0.39 is 5.67 Å². The number of benzene rings is 1. The Morgan fingerprint density at radius 3 is 1.79 bits per heavy atom. The summed E-state index contributed by atoms with van der Waals surface area (Å²) in [5.41, 5.74) is 2.13. The van der Waals surface area contributed by atoms with E-state index in [1.807, 2.05) is 0 Å². The van der Waals surface area contributed by atoms with Gasteiger partial charge in [-0.1, -0.05) is 83.1 Å². The van der Waals surface area contributed by atoms with E-state index in [-0.39, 0.29) is 0 Å². The van der Waals surface area contributed by atoms with Crippen molar-refractivity contribution in [2.45, 2.75) is 134 Å². The number of halogens is 1. The van der Waals surface area contributed by atoms with Crippen molar-refractivity contribution in [1.29, 1.82) is 0 Å². The van der Waals surface area contributed by atoms with Gasteiger partial charge in [-0.25, -0.2) is 4.39 Å². The molecule has 0 saturated heterocycles. The van der Waals surface area contributed by atoms with Crippen LogP contribution >= 0.6 is 0 Å². The van der Waals surface area contributed by atoms with Gasteiger partial charge >= 0.3 is 0 Å². The molecule has 0 N–H and O–H groups in total. The van der Waals surface area contributed by atoms with Gasteiger partial charge in [0.15, 0.2) is 0 Å². The smallest absolute Gasteiger partial charge is 0.111 e. The summed E-state index contributed by atoms with van der Waals surface area (Å²) in [4.78, 5) is 0. The van der Waals surface area contributed by atoms with Crippen molar-refractivity contribution in [2.75, 3.05) is 0 Å². The number of alkyl halides is 1. The van der Waals surface area contributed by atoms with Crippen LogP contribution in [-0.4, -0.2) is 5.67 Å². The Hall–Kier alpha value is -0.850. The Kier molecular flexibility index (Phi) is 9.07. The molecule has 0 amide bonds. The van der Waals surface area contributed by atoms with E-state index in [1.165, 1.54) is 69.8 Å². The van der Waals surface area contributed by atoms with Crippen molar-refractivity contribution >= 4 is 0 Å². The molecule has 0 bridgehead atoms. The molecule has 2 fully saturated rings. The van der Waals surface area contributed by atoms with Gasteiger partial charge in [-0.05, 0) is 86.7 Å². The molecule has 0 heterocycles. The van der Waals surface area contributed by atoms with E-state index >= 15 is 4.39 Å². The van der Waals surface area contributed by atoms with Gasteiger partial charge in [-0.3, -0.25) is 0 Å². The Labute approximate surface area is 180 Å². The quantitative estimate of drug-likeness (QED) is 0.343. The van der Waals surface area contributed by atoms with E-state index in [4.69, 9.17) is 0 Å². The molecule has 2 saturated carbocycles. The van der Waals surface area contributed by atoms with E-state index in [2.05, 4.69) is 38.1 Å². The second kappa shape index (κ2) is 11.5. The first-order valence-electron chi connectivity index (χ1n) is 12.9. The minimum atomic E-state index is -0.874. The lowest BCUT2D eigenvalue weighted by Gasteiger charge is -2.34. The molecule has 1 aromatic rings. The molecule has 3 rings (SSSR count). The van der Waals surface area contributed by atoms with Gasteiger partial charge in [0.25, 0.3) is 0 Å². The van der Waals surface area contributed by atoms with Gasteiger partial charge in [0, 0.05) is 0 Å². The van der Waals surface area contributed by atoms with E-state index in [1.54, 1.807) is 5.56 Å². The lowest BCUT2D eigenvalue weighted by atomic mass is 9.74. The maximum Gasteiger partial charge on any atom is 0.111 e. The summed E-state index contributed by atoms with van der Waals surface area (Å²) >= 11 is 0. The SMILES string of the molecule is CCCCCC1CCC(c2ccc(C3CCC(F)(CCCCC)CC3)cc2)CC1. The Morgan fingerprint density at radius 1 is 0.724 bits per heavy atom. The van der Waals surface area contributed by atoms with Crippen LogP contribution in [0.3, 0.4) is 0 Å². The average Bonchev–Trinajstić information content (AvgIpc) is 2.75. The van der Waals surface area contributed by atoms with Crippen LogP contribution < -0.4 is 0 Å². The maximum atomic E-state index is 15.0. The normalized spacial score (nSPS) is 30.4. The number of rotatable bonds is 10. The van der Waals surface area contributed by atoms with Crippen LogP contribution in [-0.2, 0) is 0 Å². The summed E-state index contributed by atoms with van der Waals surface area (Å²) in [6.07, 6.45) is 19.1. The Morgan fingerprint density at radius 2 is 1.24 bits per heavy atom. The third kappa shape index (κ3) is 6.83. The summed E-state index contributed by atoms with van der Waals surface area (Å²) in [5.74, 6) is 2.33. The van der Waals surface area contributed by atoms with Gasteiger partial charge in [0.2, 0.25) is 0 Å². The van der Waals surface area contributed by atoms with Crippen LogP contribution in [0.15, 0.2) is 24.3 Å². The Bertz CT molecular complexity index is 558. The van der Waals surface area contributed by atoms with Gasteiger partial charge < -0.3 is 0 Å². The zero-order chi connectivity index (χ0) is 20.5. The van der Waals surface area contributed by atoms with Crippen LogP contribution in [0.4, 0.5) is 4.39 Å². The van der Waals surface area contributed by atoms with Crippen LogP contribution in [0, 0.1) is 5.92 Å². The average molecular weight is 401 g/mol.